The second-order valence-electron chi connectivity index (χ2n) is 7.20. The smallest absolute Gasteiger partial charge is 0.410 e. The summed E-state index contributed by atoms with van der Waals surface area (Å²) in [6.07, 6.45) is 1.41. The fourth-order valence-corrected chi connectivity index (χ4v) is 2.94. The Kier molecular flexibility index (Phi) is 5.32. The molecule has 0 spiro atoms. The number of hydrogen-bond donors (Lipinski definition) is 0. The number of carbonyl (C=O) groups is 1. The highest BCUT2D eigenvalue weighted by Crippen LogP contribution is 2.23. The molecule has 0 atom stereocenters. The van der Waals surface area contributed by atoms with Crippen LogP contribution >= 0.6 is 11.6 Å². The van der Waals surface area contributed by atoms with Gasteiger partial charge in [-0.3, -0.25) is 0 Å². The molecule has 3 rings (SSSR count). The van der Waals surface area contributed by atoms with Crippen molar-refractivity contribution in [3.8, 4) is 11.3 Å². The second-order valence-corrected chi connectivity index (χ2v) is 7.59. The van der Waals surface area contributed by atoms with Crippen LogP contribution in [0.4, 0.5) is 10.6 Å². The molecule has 2 aromatic heterocycles. The van der Waals surface area contributed by atoms with E-state index in [1.807, 2.05) is 45.0 Å². The Morgan fingerprint density at radius 2 is 1.88 bits per heavy atom. The van der Waals surface area contributed by atoms with Crippen molar-refractivity contribution in [1.29, 1.82) is 0 Å². The summed E-state index contributed by atoms with van der Waals surface area (Å²) in [5.41, 5.74) is 1.30. The maximum Gasteiger partial charge on any atom is 0.410 e. The van der Waals surface area contributed by atoms with Crippen molar-refractivity contribution in [3.05, 3.63) is 41.7 Å². The molecule has 0 unspecified atom stereocenters. The molecule has 0 aliphatic carbocycles. The zero-order valence-corrected chi connectivity index (χ0v) is 16.0. The van der Waals surface area contributed by atoms with Crippen LogP contribution in [0, 0.1) is 0 Å². The molecule has 6 nitrogen and oxygen atoms in total. The fourth-order valence-electron chi connectivity index (χ4n) is 2.77. The zero-order valence-electron chi connectivity index (χ0n) is 15.3. The van der Waals surface area contributed by atoms with Crippen molar-refractivity contribution in [2.75, 3.05) is 31.1 Å². The summed E-state index contributed by atoms with van der Waals surface area (Å²) in [6.45, 7) is 8.29. The van der Waals surface area contributed by atoms with E-state index in [1.165, 1.54) is 0 Å². The van der Waals surface area contributed by atoms with Gasteiger partial charge in [0.15, 0.2) is 0 Å². The Hall–Kier alpha value is -2.34. The molecule has 1 fully saturated rings. The van der Waals surface area contributed by atoms with Crippen LogP contribution in [0.2, 0.25) is 5.15 Å². The van der Waals surface area contributed by atoms with E-state index in [1.54, 1.807) is 17.2 Å². The molecular formula is C19H23ClN4O2. The number of halogens is 1. The van der Waals surface area contributed by atoms with E-state index in [4.69, 9.17) is 21.3 Å². The average molecular weight is 375 g/mol. The van der Waals surface area contributed by atoms with Gasteiger partial charge in [-0.2, -0.15) is 0 Å². The summed E-state index contributed by atoms with van der Waals surface area (Å²) >= 11 is 5.98. The molecule has 138 valence electrons. The van der Waals surface area contributed by atoms with Gasteiger partial charge in [-0.25, -0.2) is 14.8 Å². The highest BCUT2D eigenvalue weighted by molar-refractivity contribution is 6.29. The van der Waals surface area contributed by atoms with Crippen LogP contribution < -0.4 is 4.90 Å². The minimum absolute atomic E-state index is 0.259. The number of pyridine rings is 2. The molecule has 1 aliphatic rings. The molecule has 0 bridgehead atoms. The molecule has 0 N–H and O–H groups in total. The van der Waals surface area contributed by atoms with Crippen molar-refractivity contribution in [2.24, 2.45) is 0 Å². The Bertz CT molecular complexity index is 783. The van der Waals surface area contributed by atoms with Gasteiger partial charge in [0.25, 0.3) is 0 Å². The van der Waals surface area contributed by atoms with Gasteiger partial charge >= 0.3 is 6.09 Å². The predicted octanol–water partition coefficient (Wildman–Crippen LogP) is 3.85. The van der Waals surface area contributed by atoms with Crippen LogP contribution in [0.3, 0.4) is 0 Å². The van der Waals surface area contributed by atoms with E-state index in [0.717, 1.165) is 17.1 Å². The lowest BCUT2D eigenvalue weighted by atomic mass is 10.2. The number of anilines is 1. The molecule has 0 saturated carbocycles. The highest BCUT2D eigenvalue weighted by Gasteiger charge is 2.26. The van der Waals surface area contributed by atoms with E-state index < -0.39 is 5.60 Å². The third-order valence-electron chi connectivity index (χ3n) is 4.01. The molecule has 26 heavy (non-hydrogen) atoms. The first-order valence-electron chi connectivity index (χ1n) is 8.64. The summed E-state index contributed by atoms with van der Waals surface area (Å²) in [5, 5.41) is 0.445. The standard InChI is InChI=1S/C19H23ClN4O2/c1-19(2,3)26-18(25)24-11-9-23(10-12-24)17-6-4-5-15(22-17)14-7-8-21-16(20)13-14/h4-8,13H,9-12H2,1-3H3. The molecule has 3 heterocycles. The normalized spacial score (nSPS) is 15.1. The zero-order chi connectivity index (χ0) is 18.7. The quantitative estimate of drug-likeness (QED) is 0.747. The largest absolute Gasteiger partial charge is 0.444 e. The molecule has 1 amide bonds. The first-order valence-corrected chi connectivity index (χ1v) is 9.01. The SMILES string of the molecule is CC(C)(C)OC(=O)N1CCN(c2cccc(-c3ccnc(Cl)c3)n2)CC1. The van der Waals surface area contributed by atoms with Crippen LogP contribution in [-0.2, 0) is 4.74 Å². The van der Waals surface area contributed by atoms with E-state index >= 15 is 0 Å². The summed E-state index contributed by atoms with van der Waals surface area (Å²) < 4.78 is 5.44. The lowest BCUT2D eigenvalue weighted by molar-refractivity contribution is 0.0240. The number of amides is 1. The number of aromatic nitrogens is 2. The van der Waals surface area contributed by atoms with Gasteiger partial charge in [0.1, 0.15) is 16.6 Å². The maximum absolute atomic E-state index is 12.2. The monoisotopic (exact) mass is 374 g/mol. The molecule has 1 saturated heterocycles. The number of piperazine rings is 1. The van der Waals surface area contributed by atoms with E-state index in [9.17, 15) is 4.79 Å². The van der Waals surface area contributed by atoms with Gasteiger partial charge in [-0.05, 0) is 45.0 Å². The van der Waals surface area contributed by atoms with Crippen molar-refractivity contribution >= 4 is 23.5 Å². The number of rotatable bonds is 2. The highest BCUT2D eigenvalue weighted by atomic mass is 35.5. The summed E-state index contributed by atoms with van der Waals surface area (Å²) in [7, 11) is 0. The summed E-state index contributed by atoms with van der Waals surface area (Å²) in [5.74, 6) is 0.888. The lowest BCUT2D eigenvalue weighted by Gasteiger charge is -2.36. The second kappa shape index (κ2) is 7.50. The average Bonchev–Trinajstić information content (AvgIpc) is 2.60. The van der Waals surface area contributed by atoms with Gasteiger partial charge in [-0.15, -0.1) is 0 Å². The summed E-state index contributed by atoms with van der Waals surface area (Å²) in [6, 6.07) is 9.60. The van der Waals surface area contributed by atoms with Gasteiger partial charge < -0.3 is 14.5 Å². The number of nitrogens with zero attached hydrogens (tertiary/aromatic N) is 4. The van der Waals surface area contributed by atoms with Crippen molar-refractivity contribution in [1.82, 2.24) is 14.9 Å². The van der Waals surface area contributed by atoms with Crippen molar-refractivity contribution in [2.45, 2.75) is 26.4 Å². The Balaban J connectivity index is 1.67. The van der Waals surface area contributed by atoms with Crippen molar-refractivity contribution < 1.29 is 9.53 Å². The van der Waals surface area contributed by atoms with Crippen LogP contribution in [0.5, 0.6) is 0 Å². The Morgan fingerprint density at radius 3 is 2.54 bits per heavy atom. The third-order valence-corrected chi connectivity index (χ3v) is 4.22. The Labute approximate surface area is 158 Å². The first kappa shape index (κ1) is 18.5. The summed E-state index contributed by atoms with van der Waals surface area (Å²) in [4.78, 5) is 24.8. The number of ether oxygens (including phenoxy) is 1. The van der Waals surface area contributed by atoms with Crippen LogP contribution in [0.15, 0.2) is 36.5 Å². The minimum atomic E-state index is -0.476. The molecule has 7 heteroatoms. The van der Waals surface area contributed by atoms with Gasteiger partial charge in [0.05, 0.1) is 5.69 Å². The topological polar surface area (TPSA) is 58.6 Å². The Morgan fingerprint density at radius 1 is 1.15 bits per heavy atom. The van der Waals surface area contributed by atoms with Crippen LogP contribution in [0.1, 0.15) is 20.8 Å². The van der Waals surface area contributed by atoms with Gasteiger partial charge in [-0.1, -0.05) is 17.7 Å². The molecule has 0 aromatic carbocycles. The third kappa shape index (κ3) is 4.64. The molecule has 2 aromatic rings. The van der Waals surface area contributed by atoms with E-state index in [0.29, 0.717) is 31.3 Å². The predicted molar refractivity (Wildman–Crippen MR) is 102 cm³/mol. The molecular weight excluding hydrogens is 352 g/mol. The van der Waals surface area contributed by atoms with Crippen molar-refractivity contribution in [3.63, 3.8) is 0 Å². The first-order chi connectivity index (χ1) is 12.3. The maximum atomic E-state index is 12.2. The van der Waals surface area contributed by atoms with E-state index in [-0.39, 0.29) is 6.09 Å². The van der Waals surface area contributed by atoms with Crippen LogP contribution in [-0.4, -0.2) is 52.7 Å². The van der Waals surface area contributed by atoms with Crippen LogP contribution in [0.25, 0.3) is 11.3 Å². The molecule has 0 radical (unpaired) electrons. The lowest BCUT2D eigenvalue weighted by Crippen LogP contribution is -2.50. The number of hydrogen-bond acceptors (Lipinski definition) is 5. The minimum Gasteiger partial charge on any atom is -0.444 e. The van der Waals surface area contributed by atoms with E-state index in [2.05, 4.69) is 9.88 Å². The van der Waals surface area contributed by atoms with Gasteiger partial charge in [0, 0.05) is 37.9 Å². The number of carbonyl (C=O) groups excluding carboxylic acids is 1. The van der Waals surface area contributed by atoms with Gasteiger partial charge in [0.2, 0.25) is 0 Å². The fraction of sp³-hybridized carbons (Fsp3) is 0.421. The molecule has 1 aliphatic heterocycles.